The summed E-state index contributed by atoms with van der Waals surface area (Å²) >= 11 is 0. The van der Waals surface area contributed by atoms with E-state index in [9.17, 15) is 0 Å². The first-order chi connectivity index (χ1) is 8.30. The van der Waals surface area contributed by atoms with Crippen LogP contribution in [0.25, 0.3) is 0 Å². The van der Waals surface area contributed by atoms with E-state index >= 15 is 0 Å². The summed E-state index contributed by atoms with van der Waals surface area (Å²) in [5.41, 5.74) is 0.923. The van der Waals surface area contributed by atoms with E-state index in [0.29, 0.717) is 19.6 Å². The Bertz CT molecular complexity index is 335. The number of ether oxygens (including phenoxy) is 3. The minimum atomic E-state index is -0.792. The third kappa shape index (κ3) is 2.60. The van der Waals surface area contributed by atoms with Gasteiger partial charge in [0.15, 0.2) is 5.79 Å². The lowest BCUT2D eigenvalue weighted by Crippen LogP contribution is -2.38. The zero-order valence-electron chi connectivity index (χ0n) is 10.0. The van der Waals surface area contributed by atoms with Crippen LogP contribution in [0.1, 0.15) is 18.4 Å². The molecule has 0 amide bonds. The van der Waals surface area contributed by atoms with Crippen molar-refractivity contribution in [2.45, 2.75) is 18.6 Å². The molecule has 94 valence electrons. The van der Waals surface area contributed by atoms with Gasteiger partial charge < -0.3 is 19.3 Å². The number of aliphatic hydroxyl groups is 1. The second-order valence-electron chi connectivity index (χ2n) is 4.01. The van der Waals surface area contributed by atoms with Crippen molar-refractivity contribution in [2.24, 2.45) is 0 Å². The van der Waals surface area contributed by atoms with Crippen LogP contribution >= 0.6 is 0 Å². The topological polar surface area (TPSA) is 47.9 Å². The average Bonchev–Trinajstić information content (AvgIpc) is 2.40. The molecule has 1 fully saturated rings. The van der Waals surface area contributed by atoms with E-state index in [2.05, 4.69) is 0 Å². The van der Waals surface area contributed by atoms with Crippen LogP contribution in [0, 0.1) is 0 Å². The Kier molecular flexibility index (Phi) is 3.99. The van der Waals surface area contributed by atoms with Gasteiger partial charge in [-0.1, -0.05) is 0 Å². The number of methoxy groups -OCH3 is 1. The van der Waals surface area contributed by atoms with E-state index in [1.807, 2.05) is 24.3 Å². The van der Waals surface area contributed by atoms with Gasteiger partial charge in [-0.25, -0.2) is 0 Å². The molecule has 0 radical (unpaired) electrons. The van der Waals surface area contributed by atoms with Crippen LogP contribution in [0.15, 0.2) is 24.3 Å². The second kappa shape index (κ2) is 5.49. The lowest BCUT2D eigenvalue weighted by Gasteiger charge is -2.37. The third-order valence-corrected chi connectivity index (χ3v) is 2.93. The molecule has 1 saturated heterocycles. The van der Waals surface area contributed by atoms with Crippen molar-refractivity contribution in [1.82, 2.24) is 0 Å². The van der Waals surface area contributed by atoms with Gasteiger partial charge in [-0.15, -0.1) is 0 Å². The molecule has 0 spiro atoms. The molecule has 0 aliphatic carbocycles. The van der Waals surface area contributed by atoms with Crippen LogP contribution < -0.4 is 4.74 Å². The summed E-state index contributed by atoms with van der Waals surface area (Å²) in [6.45, 7) is 1.35. The highest BCUT2D eigenvalue weighted by atomic mass is 16.7. The molecule has 0 aromatic heterocycles. The highest BCUT2D eigenvalue weighted by Crippen LogP contribution is 2.34. The fourth-order valence-electron chi connectivity index (χ4n) is 2.02. The molecule has 1 aliphatic heterocycles. The van der Waals surface area contributed by atoms with Crippen LogP contribution in [-0.2, 0) is 15.3 Å². The molecule has 0 saturated carbocycles. The number of rotatable bonds is 4. The number of aliphatic hydroxyl groups excluding tert-OH is 1. The fraction of sp³-hybridized carbons (Fsp3) is 0.538. The van der Waals surface area contributed by atoms with Crippen LogP contribution in [0.2, 0.25) is 0 Å². The third-order valence-electron chi connectivity index (χ3n) is 2.93. The molecule has 1 heterocycles. The van der Waals surface area contributed by atoms with Gasteiger partial charge in [0.05, 0.1) is 20.3 Å². The lowest BCUT2D eigenvalue weighted by atomic mass is 10.0. The largest absolute Gasteiger partial charge is 0.497 e. The Balaban J connectivity index is 2.24. The first-order valence-electron chi connectivity index (χ1n) is 5.84. The maximum absolute atomic E-state index is 9.16. The quantitative estimate of drug-likeness (QED) is 0.866. The zero-order valence-corrected chi connectivity index (χ0v) is 10.0. The Morgan fingerprint density at radius 3 is 2.41 bits per heavy atom. The molecule has 17 heavy (non-hydrogen) atoms. The van der Waals surface area contributed by atoms with E-state index in [1.54, 1.807) is 7.11 Å². The SMILES string of the molecule is COc1ccc(C2(CCO)OCCCO2)cc1. The number of hydrogen-bond donors (Lipinski definition) is 1. The molecule has 1 N–H and O–H groups in total. The fourth-order valence-corrected chi connectivity index (χ4v) is 2.02. The lowest BCUT2D eigenvalue weighted by molar-refractivity contribution is -0.282. The summed E-state index contributed by atoms with van der Waals surface area (Å²) in [5.74, 6) is 0.00271. The molecule has 2 rings (SSSR count). The van der Waals surface area contributed by atoms with Gasteiger partial charge in [-0.2, -0.15) is 0 Å². The summed E-state index contributed by atoms with van der Waals surface area (Å²) in [6, 6.07) is 7.57. The molecule has 1 aromatic carbocycles. The standard InChI is InChI=1S/C13H18O4/c1-15-12-5-3-11(4-6-12)13(7-8-14)16-9-2-10-17-13/h3-6,14H,2,7-10H2,1H3. The van der Waals surface area contributed by atoms with Gasteiger partial charge >= 0.3 is 0 Å². The van der Waals surface area contributed by atoms with E-state index < -0.39 is 5.79 Å². The van der Waals surface area contributed by atoms with Gasteiger partial charge in [0, 0.05) is 18.6 Å². The number of benzene rings is 1. The highest BCUT2D eigenvalue weighted by Gasteiger charge is 2.36. The summed E-state index contributed by atoms with van der Waals surface area (Å²) in [7, 11) is 1.63. The minimum Gasteiger partial charge on any atom is -0.497 e. The average molecular weight is 238 g/mol. The molecular formula is C13H18O4. The molecule has 0 unspecified atom stereocenters. The van der Waals surface area contributed by atoms with E-state index in [1.165, 1.54) is 0 Å². The Morgan fingerprint density at radius 2 is 1.88 bits per heavy atom. The van der Waals surface area contributed by atoms with Crippen LogP contribution in [-0.4, -0.2) is 32.0 Å². The van der Waals surface area contributed by atoms with Gasteiger partial charge in [0.25, 0.3) is 0 Å². The van der Waals surface area contributed by atoms with Crippen molar-refractivity contribution in [1.29, 1.82) is 0 Å². The first kappa shape index (κ1) is 12.4. The van der Waals surface area contributed by atoms with Crippen molar-refractivity contribution in [3.8, 4) is 5.75 Å². The summed E-state index contributed by atoms with van der Waals surface area (Å²) in [4.78, 5) is 0. The molecule has 1 aromatic rings. The summed E-state index contributed by atoms with van der Waals surface area (Å²) in [5, 5.41) is 9.16. The van der Waals surface area contributed by atoms with Crippen LogP contribution in [0.5, 0.6) is 5.75 Å². The summed E-state index contributed by atoms with van der Waals surface area (Å²) in [6.07, 6.45) is 1.34. The monoisotopic (exact) mass is 238 g/mol. The molecular weight excluding hydrogens is 220 g/mol. The van der Waals surface area contributed by atoms with Crippen molar-refractivity contribution in [3.63, 3.8) is 0 Å². The first-order valence-corrected chi connectivity index (χ1v) is 5.84. The van der Waals surface area contributed by atoms with Crippen molar-refractivity contribution in [3.05, 3.63) is 29.8 Å². The number of hydrogen-bond acceptors (Lipinski definition) is 4. The molecule has 1 aliphatic rings. The summed E-state index contributed by atoms with van der Waals surface area (Å²) < 4.78 is 16.6. The highest BCUT2D eigenvalue weighted by molar-refractivity contribution is 5.30. The minimum absolute atomic E-state index is 0.0338. The van der Waals surface area contributed by atoms with Crippen molar-refractivity contribution < 1.29 is 19.3 Å². The van der Waals surface area contributed by atoms with Gasteiger partial charge in [-0.05, 0) is 30.7 Å². The zero-order chi connectivity index (χ0) is 12.1. The van der Waals surface area contributed by atoms with Crippen molar-refractivity contribution in [2.75, 3.05) is 26.9 Å². The molecule has 0 bridgehead atoms. The van der Waals surface area contributed by atoms with E-state index in [0.717, 1.165) is 17.7 Å². The van der Waals surface area contributed by atoms with Crippen LogP contribution in [0.4, 0.5) is 0 Å². The maximum Gasteiger partial charge on any atom is 0.196 e. The second-order valence-corrected chi connectivity index (χ2v) is 4.01. The van der Waals surface area contributed by atoms with E-state index in [-0.39, 0.29) is 6.61 Å². The predicted octanol–water partition coefficient (Wildman–Crippen LogP) is 1.67. The van der Waals surface area contributed by atoms with Crippen molar-refractivity contribution >= 4 is 0 Å². The Labute approximate surface area is 101 Å². The predicted molar refractivity (Wildman–Crippen MR) is 62.9 cm³/mol. The van der Waals surface area contributed by atoms with Gasteiger partial charge in [-0.3, -0.25) is 0 Å². The molecule has 0 atom stereocenters. The Hall–Kier alpha value is -1.10. The van der Waals surface area contributed by atoms with Gasteiger partial charge in [0.2, 0.25) is 0 Å². The Morgan fingerprint density at radius 1 is 1.24 bits per heavy atom. The molecule has 4 heteroatoms. The smallest absolute Gasteiger partial charge is 0.196 e. The normalized spacial score (nSPS) is 18.9. The van der Waals surface area contributed by atoms with Gasteiger partial charge in [0.1, 0.15) is 5.75 Å². The van der Waals surface area contributed by atoms with E-state index in [4.69, 9.17) is 19.3 Å². The van der Waals surface area contributed by atoms with Crippen LogP contribution in [0.3, 0.4) is 0 Å². The maximum atomic E-state index is 9.16. The molecule has 4 nitrogen and oxygen atoms in total.